The largest absolute Gasteiger partial charge is 0.393 e. The Bertz CT molecular complexity index is 232. The Morgan fingerprint density at radius 2 is 2.43 bits per heavy atom. The van der Waals surface area contributed by atoms with E-state index < -0.39 is 0 Å². The maximum atomic E-state index is 11.1. The predicted molar refractivity (Wildman–Crippen MR) is 60.1 cm³/mol. The van der Waals surface area contributed by atoms with Gasteiger partial charge >= 0.3 is 0 Å². The van der Waals surface area contributed by atoms with Crippen molar-refractivity contribution in [2.45, 2.75) is 25.8 Å². The summed E-state index contributed by atoms with van der Waals surface area (Å²) in [6.07, 6.45) is 1.30. The number of hydrogen-bond acceptors (Lipinski definition) is 3. The zero-order valence-corrected chi connectivity index (χ0v) is 9.27. The standard InChI is InChI=1S/C9H17N3OS/c1-7(6-8(10)14)12-4-2-9(13)11-3-5-12/h7H,2-6H2,1H3,(H2,10,14)(H,11,13). The number of amides is 1. The molecule has 0 aromatic heterocycles. The first-order valence-electron chi connectivity index (χ1n) is 4.88. The molecule has 0 saturated carbocycles. The summed E-state index contributed by atoms with van der Waals surface area (Å²) in [5, 5.41) is 2.84. The van der Waals surface area contributed by atoms with Gasteiger partial charge in [0, 0.05) is 38.5 Å². The van der Waals surface area contributed by atoms with Crippen LogP contribution in [0.15, 0.2) is 0 Å². The number of rotatable bonds is 3. The first-order chi connectivity index (χ1) is 6.59. The van der Waals surface area contributed by atoms with E-state index in [4.69, 9.17) is 18.0 Å². The number of carbonyl (C=O) groups is 1. The van der Waals surface area contributed by atoms with Gasteiger partial charge in [0.2, 0.25) is 5.91 Å². The van der Waals surface area contributed by atoms with Crippen molar-refractivity contribution in [1.82, 2.24) is 10.2 Å². The highest BCUT2D eigenvalue weighted by molar-refractivity contribution is 7.80. The normalized spacial score (nSPS) is 21.1. The molecular weight excluding hydrogens is 198 g/mol. The van der Waals surface area contributed by atoms with Crippen molar-refractivity contribution in [3.63, 3.8) is 0 Å². The lowest BCUT2D eigenvalue weighted by Gasteiger charge is -2.26. The number of nitrogens with zero attached hydrogens (tertiary/aromatic N) is 1. The molecule has 0 bridgehead atoms. The fourth-order valence-corrected chi connectivity index (χ4v) is 1.89. The van der Waals surface area contributed by atoms with Crippen LogP contribution in [0.25, 0.3) is 0 Å². The number of thiocarbonyl (C=S) groups is 1. The smallest absolute Gasteiger partial charge is 0.221 e. The molecule has 1 aliphatic heterocycles. The number of carbonyl (C=O) groups excluding carboxylic acids is 1. The van der Waals surface area contributed by atoms with Gasteiger partial charge in [0.05, 0.1) is 4.99 Å². The van der Waals surface area contributed by atoms with Gasteiger partial charge in [-0.05, 0) is 6.92 Å². The van der Waals surface area contributed by atoms with Crippen molar-refractivity contribution < 1.29 is 4.79 Å². The fourth-order valence-electron chi connectivity index (χ4n) is 1.65. The second-order valence-corrected chi connectivity index (χ2v) is 4.18. The summed E-state index contributed by atoms with van der Waals surface area (Å²) in [4.78, 5) is 13.9. The zero-order chi connectivity index (χ0) is 10.6. The van der Waals surface area contributed by atoms with Gasteiger partial charge in [0.25, 0.3) is 0 Å². The molecule has 0 aromatic carbocycles. The van der Waals surface area contributed by atoms with Gasteiger partial charge in [-0.3, -0.25) is 9.69 Å². The summed E-state index contributed by atoms with van der Waals surface area (Å²) in [5.41, 5.74) is 5.49. The molecule has 0 aliphatic carbocycles. The fraction of sp³-hybridized carbons (Fsp3) is 0.778. The lowest BCUT2D eigenvalue weighted by Crippen LogP contribution is -2.38. The van der Waals surface area contributed by atoms with Crippen LogP contribution in [-0.4, -0.2) is 41.5 Å². The van der Waals surface area contributed by atoms with E-state index in [-0.39, 0.29) is 5.91 Å². The van der Waals surface area contributed by atoms with Crippen molar-refractivity contribution in [3.8, 4) is 0 Å². The SMILES string of the molecule is CC(CC(N)=S)N1CCNC(=O)CC1. The monoisotopic (exact) mass is 215 g/mol. The second kappa shape index (κ2) is 5.26. The Labute approximate surface area is 89.8 Å². The Balaban J connectivity index is 2.42. The third kappa shape index (κ3) is 3.59. The van der Waals surface area contributed by atoms with Crippen molar-refractivity contribution in [2.24, 2.45) is 5.73 Å². The van der Waals surface area contributed by atoms with Crippen LogP contribution < -0.4 is 11.1 Å². The maximum Gasteiger partial charge on any atom is 0.221 e. The average molecular weight is 215 g/mol. The molecular formula is C9H17N3OS. The zero-order valence-electron chi connectivity index (χ0n) is 8.45. The second-order valence-electron chi connectivity index (χ2n) is 3.66. The summed E-state index contributed by atoms with van der Waals surface area (Å²) in [6.45, 7) is 4.50. The summed E-state index contributed by atoms with van der Waals surface area (Å²) < 4.78 is 0. The van der Waals surface area contributed by atoms with Crippen LogP contribution in [0.1, 0.15) is 19.8 Å². The minimum absolute atomic E-state index is 0.134. The van der Waals surface area contributed by atoms with E-state index in [0.29, 0.717) is 17.5 Å². The molecule has 1 atom stereocenters. The minimum Gasteiger partial charge on any atom is -0.393 e. The van der Waals surface area contributed by atoms with Gasteiger partial charge in [-0.2, -0.15) is 0 Å². The first-order valence-corrected chi connectivity index (χ1v) is 5.29. The highest BCUT2D eigenvalue weighted by Crippen LogP contribution is 2.06. The van der Waals surface area contributed by atoms with Crippen LogP contribution >= 0.6 is 12.2 Å². The molecule has 14 heavy (non-hydrogen) atoms. The van der Waals surface area contributed by atoms with E-state index in [9.17, 15) is 4.79 Å². The van der Waals surface area contributed by atoms with E-state index in [2.05, 4.69) is 17.1 Å². The molecule has 1 unspecified atom stereocenters. The maximum absolute atomic E-state index is 11.1. The molecule has 5 heteroatoms. The van der Waals surface area contributed by atoms with E-state index in [0.717, 1.165) is 26.1 Å². The Hall–Kier alpha value is -0.680. The number of nitrogens with two attached hydrogens (primary N) is 1. The van der Waals surface area contributed by atoms with Crippen LogP contribution in [0.2, 0.25) is 0 Å². The molecule has 1 saturated heterocycles. The average Bonchev–Trinajstić information content (AvgIpc) is 2.28. The van der Waals surface area contributed by atoms with Crippen LogP contribution in [0, 0.1) is 0 Å². The Morgan fingerprint density at radius 3 is 3.07 bits per heavy atom. The molecule has 80 valence electrons. The van der Waals surface area contributed by atoms with Crippen molar-refractivity contribution in [3.05, 3.63) is 0 Å². The molecule has 0 radical (unpaired) electrons. The van der Waals surface area contributed by atoms with Crippen molar-refractivity contribution >= 4 is 23.1 Å². The lowest BCUT2D eigenvalue weighted by atomic mass is 10.2. The Kier molecular flexibility index (Phi) is 4.28. The summed E-state index contributed by atoms with van der Waals surface area (Å²) in [5.74, 6) is 0.134. The number of nitrogens with one attached hydrogen (secondary N) is 1. The van der Waals surface area contributed by atoms with Crippen LogP contribution in [0.4, 0.5) is 0 Å². The van der Waals surface area contributed by atoms with Gasteiger partial charge < -0.3 is 11.1 Å². The highest BCUT2D eigenvalue weighted by Gasteiger charge is 2.18. The molecule has 1 heterocycles. The van der Waals surface area contributed by atoms with Gasteiger partial charge in [0.1, 0.15) is 0 Å². The molecule has 1 rings (SSSR count). The van der Waals surface area contributed by atoms with Gasteiger partial charge in [-0.1, -0.05) is 12.2 Å². The topological polar surface area (TPSA) is 58.4 Å². The van der Waals surface area contributed by atoms with E-state index in [1.807, 2.05) is 0 Å². The van der Waals surface area contributed by atoms with Crippen LogP contribution in [0.3, 0.4) is 0 Å². The van der Waals surface area contributed by atoms with Crippen molar-refractivity contribution in [1.29, 1.82) is 0 Å². The van der Waals surface area contributed by atoms with Crippen molar-refractivity contribution in [2.75, 3.05) is 19.6 Å². The molecule has 1 aliphatic rings. The summed E-state index contributed by atoms with van der Waals surface area (Å²) in [7, 11) is 0. The first kappa shape index (κ1) is 11.4. The summed E-state index contributed by atoms with van der Waals surface area (Å²) in [6, 6.07) is 0.334. The van der Waals surface area contributed by atoms with E-state index in [1.54, 1.807) is 0 Å². The molecule has 0 spiro atoms. The molecule has 4 nitrogen and oxygen atoms in total. The summed E-state index contributed by atoms with van der Waals surface area (Å²) >= 11 is 4.87. The van der Waals surface area contributed by atoms with Crippen LogP contribution in [-0.2, 0) is 4.79 Å². The molecule has 1 amide bonds. The number of hydrogen-bond donors (Lipinski definition) is 2. The third-order valence-corrected chi connectivity index (χ3v) is 2.63. The quantitative estimate of drug-likeness (QED) is 0.644. The van der Waals surface area contributed by atoms with E-state index in [1.165, 1.54) is 0 Å². The Morgan fingerprint density at radius 1 is 1.71 bits per heavy atom. The predicted octanol–water partition coefficient (Wildman–Crippen LogP) is -0.127. The van der Waals surface area contributed by atoms with E-state index >= 15 is 0 Å². The van der Waals surface area contributed by atoms with Gasteiger partial charge in [-0.15, -0.1) is 0 Å². The molecule has 1 fully saturated rings. The lowest BCUT2D eigenvalue weighted by molar-refractivity contribution is -0.120. The molecule has 3 N–H and O–H groups in total. The van der Waals surface area contributed by atoms with Gasteiger partial charge in [-0.25, -0.2) is 0 Å². The van der Waals surface area contributed by atoms with Gasteiger partial charge in [0.15, 0.2) is 0 Å². The highest BCUT2D eigenvalue weighted by atomic mass is 32.1. The third-order valence-electron chi connectivity index (χ3n) is 2.47. The molecule has 0 aromatic rings. The minimum atomic E-state index is 0.134. The van der Waals surface area contributed by atoms with Crippen LogP contribution in [0.5, 0.6) is 0 Å².